The van der Waals surface area contributed by atoms with Crippen molar-refractivity contribution in [2.24, 2.45) is 0 Å². The number of benzene rings is 1. The standard InChI is InChI=1S/C19H18N2O5/c1-12-5-6-13(2)14(10-12)15(22)11-25-18(23)8-7-17-20-19(21-26-17)16-4-3-9-24-16/h3-6,9-10H,7-8,11H2,1-2H3. The number of furan rings is 1. The maximum absolute atomic E-state index is 12.2. The quantitative estimate of drug-likeness (QED) is 0.474. The van der Waals surface area contributed by atoms with Crippen LogP contribution in [-0.4, -0.2) is 28.5 Å². The average Bonchev–Trinajstić information content (AvgIpc) is 3.31. The van der Waals surface area contributed by atoms with Gasteiger partial charge in [0, 0.05) is 12.0 Å². The predicted octanol–water partition coefficient (Wildman–Crippen LogP) is 3.31. The molecule has 0 unspecified atom stereocenters. The van der Waals surface area contributed by atoms with Crippen LogP contribution in [0.4, 0.5) is 0 Å². The topological polar surface area (TPSA) is 95.4 Å². The van der Waals surface area contributed by atoms with E-state index >= 15 is 0 Å². The number of Topliss-reactive ketones (excluding diaryl/α,β-unsaturated/α-hetero) is 1. The van der Waals surface area contributed by atoms with Crippen molar-refractivity contribution in [2.75, 3.05) is 6.61 Å². The Labute approximate surface area is 150 Å². The van der Waals surface area contributed by atoms with Crippen LogP contribution in [0, 0.1) is 13.8 Å². The highest BCUT2D eigenvalue weighted by molar-refractivity contribution is 5.99. The molecule has 0 spiro atoms. The number of aryl methyl sites for hydroxylation is 3. The van der Waals surface area contributed by atoms with Gasteiger partial charge in [-0.2, -0.15) is 4.98 Å². The van der Waals surface area contributed by atoms with Crippen molar-refractivity contribution >= 4 is 11.8 Å². The molecule has 0 atom stereocenters. The molecule has 0 saturated carbocycles. The molecule has 0 fully saturated rings. The molecule has 0 radical (unpaired) electrons. The van der Waals surface area contributed by atoms with E-state index in [9.17, 15) is 9.59 Å². The second kappa shape index (κ2) is 7.77. The van der Waals surface area contributed by atoms with E-state index in [2.05, 4.69) is 10.1 Å². The fourth-order valence-corrected chi connectivity index (χ4v) is 2.40. The van der Waals surface area contributed by atoms with Crippen molar-refractivity contribution in [2.45, 2.75) is 26.7 Å². The van der Waals surface area contributed by atoms with E-state index in [1.165, 1.54) is 6.26 Å². The maximum Gasteiger partial charge on any atom is 0.306 e. The lowest BCUT2D eigenvalue weighted by Crippen LogP contribution is -2.15. The Kier molecular flexibility index (Phi) is 5.26. The monoisotopic (exact) mass is 354 g/mol. The largest absolute Gasteiger partial charge is 0.461 e. The van der Waals surface area contributed by atoms with Crippen LogP contribution in [0.3, 0.4) is 0 Å². The fraction of sp³-hybridized carbons (Fsp3) is 0.263. The molecule has 3 rings (SSSR count). The Morgan fingerprint density at radius 2 is 2.04 bits per heavy atom. The van der Waals surface area contributed by atoms with Gasteiger partial charge >= 0.3 is 5.97 Å². The highest BCUT2D eigenvalue weighted by Gasteiger charge is 2.15. The van der Waals surface area contributed by atoms with E-state index in [1.54, 1.807) is 18.2 Å². The van der Waals surface area contributed by atoms with Crippen molar-refractivity contribution in [3.8, 4) is 11.6 Å². The summed E-state index contributed by atoms with van der Waals surface area (Å²) >= 11 is 0. The number of ether oxygens (including phenoxy) is 1. The molecule has 0 amide bonds. The van der Waals surface area contributed by atoms with E-state index in [0.717, 1.165) is 11.1 Å². The van der Waals surface area contributed by atoms with Gasteiger partial charge in [0.25, 0.3) is 0 Å². The number of aromatic nitrogens is 2. The molecule has 0 aliphatic heterocycles. The van der Waals surface area contributed by atoms with Gasteiger partial charge in [-0.15, -0.1) is 0 Å². The van der Waals surface area contributed by atoms with E-state index in [-0.39, 0.29) is 25.2 Å². The molecule has 2 aromatic heterocycles. The number of hydrogen-bond donors (Lipinski definition) is 0. The number of esters is 1. The SMILES string of the molecule is Cc1ccc(C)c(C(=O)COC(=O)CCc2nc(-c3ccco3)no2)c1. The molecule has 0 N–H and O–H groups in total. The molecule has 134 valence electrons. The highest BCUT2D eigenvalue weighted by atomic mass is 16.5. The van der Waals surface area contributed by atoms with Gasteiger partial charge in [-0.25, -0.2) is 0 Å². The van der Waals surface area contributed by atoms with E-state index < -0.39 is 5.97 Å². The minimum Gasteiger partial charge on any atom is -0.461 e. The summed E-state index contributed by atoms with van der Waals surface area (Å²) in [6.07, 6.45) is 1.78. The van der Waals surface area contributed by atoms with Crippen molar-refractivity contribution in [3.05, 3.63) is 59.2 Å². The molecule has 0 bridgehead atoms. The number of carbonyl (C=O) groups excluding carboxylic acids is 2. The zero-order chi connectivity index (χ0) is 18.5. The van der Waals surface area contributed by atoms with Gasteiger partial charge in [0.05, 0.1) is 12.7 Å². The molecule has 1 aromatic carbocycles. The summed E-state index contributed by atoms with van der Waals surface area (Å²) in [5.41, 5.74) is 2.40. The van der Waals surface area contributed by atoms with E-state index in [0.29, 0.717) is 23.0 Å². The minimum atomic E-state index is -0.499. The summed E-state index contributed by atoms with van der Waals surface area (Å²) in [5, 5.41) is 3.78. The first kappa shape index (κ1) is 17.6. The van der Waals surface area contributed by atoms with Crippen LogP contribution in [0.1, 0.15) is 33.8 Å². The lowest BCUT2D eigenvalue weighted by Gasteiger charge is -2.07. The first-order chi connectivity index (χ1) is 12.5. The first-order valence-electron chi connectivity index (χ1n) is 8.15. The van der Waals surface area contributed by atoms with Gasteiger partial charge in [0.2, 0.25) is 17.5 Å². The Morgan fingerprint density at radius 1 is 1.19 bits per heavy atom. The van der Waals surface area contributed by atoms with Crippen LogP contribution < -0.4 is 0 Å². The molecule has 7 heteroatoms. The minimum absolute atomic E-state index is 0.0415. The van der Waals surface area contributed by atoms with Crippen LogP contribution >= 0.6 is 0 Å². The van der Waals surface area contributed by atoms with Gasteiger partial charge < -0.3 is 13.7 Å². The Balaban J connectivity index is 1.49. The van der Waals surface area contributed by atoms with Crippen LogP contribution in [0.5, 0.6) is 0 Å². The molecule has 0 saturated heterocycles. The normalized spacial score (nSPS) is 10.7. The third-order valence-electron chi connectivity index (χ3n) is 3.81. The fourth-order valence-electron chi connectivity index (χ4n) is 2.40. The van der Waals surface area contributed by atoms with E-state index in [4.69, 9.17) is 13.7 Å². The summed E-state index contributed by atoms with van der Waals surface area (Å²) < 4.78 is 15.3. The van der Waals surface area contributed by atoms with Gasteiger partial charge in [0.15, 0.2) is 12.4 Å². The highest BCUT2D eigenvalue weighted by Crippen LogP contribution is 2.16. The second-order valence-electron chi connectivity index (χ2n) is 5.89. The lowest BCUT2D eigenvalue weighted by atomic mass is 10.0. The zero-order valence-corrected chi connectivity index (χ0v) is 14.5. The molecular formula is C19H18N2O5. The van der Waals surface area contributed by atoms with Crippen LogP contribution in [0.15, 0.2) is 45.5 Å². The summed E-state index contributed by atoms with van der Waals surface area (Å²) in [4.78, 5) is 28.2. The van der Waals surface area contributed by atoms with Crippen LogP contribution in [-0.2, 0) is 16.0 Å². The average molecular weight is 354 g/mol. The Hall–Kier alpha value is -3.22. The molecule has 0 aliphatic carbocycles. The second-order valence-corrected chi connectivity index (χ2v) is 5.89. The van der Waals surface area contributed by atoms with Gasteiger partial charge in [-0.1, -0.05) is 22.9 Å². The number of rotatable bonds is 7. The third-order valence-corrected chi connectivity index (χ3v) is 3.81. The maximum atomic E-state index is 12.2. The zero-order valence-electron chi connectivity index (χ0n) is 14.5. The van der Waals surface area contributed by atoms with Crippen molar-refractivity contribution in [1.29, 1.82) is 0 Å². The molecule has 0 aliphatic rings. The molecule has 26 heavy (non-hydrogen) atoms. The summed E-state index contributed by atoms with van der Waals surface area (Å²) in [7, 11) is 0. The summed E-state index contributed by atoms with van der Waals surface area (Å²) in [6.45, 7) is 3.47. The van der Waals surface area contributed by atoms with Gasteiger partial charge in [-0.05, 0) is 37.6 Å². The number of carbonyl (C=O) groups is 2. The number of nitrogens with zero attached hydrogens (tertiary/aromatic N) is 2. The van der Waals surface area contributed by atoms with Crippen LogP contribution in [0.2, 0.25) is 0 Å². The molecule has 3 aromatic rings. The number of ketones is 1. The third kappa shape index (κ3) is 4.24. The first-order valence-corrected chi connectivity index (χ1v) is 8.15. The Morgan fingerprint density at radius 3 is 2.81 bits per heavy atom. The smallest absolute Gasteiger partial charge is 0.306 e. The number of hydrogen-bond acceptors (Lipinski definition) is 7. The van der Waals surface area contributed by atoms with Crippen molar-refractivity contribution in [3.63, 3.8) is 0 Å². The van der Waals surface area contributed by atoms with Gasteiger partial charge in [-0.3, -0.25) is 9.59 Å². The lowest BCUT2D eigenvalue weighted by molar-refractivity contribution is -0.142. The van der Waals surface area contributed by atoms with Crippen LogP contribution in [0.25, 0.3) is 11.6 Å². The van der Waals surface area contributed by atoms with Gasteiger partial charge in [0.1, 0.15) is 0 Å². The van der Waals surface area contributed by atoms with Crippen molar-refractivity contribution in [1.82, 2.24) is 10.1 Å². The molecule has 2 heterocycles. The Bertz CT molecular complexity index is 912. The summed E-state index contributed by atoms with van der Waals surface area (Å²) in [5.74, 6) is 0.387. The van der Waals surface area contributed by atoms with Crippen molar-refractivity contribution < 1.29 is 23.3 Å². The molecular weight excluding hydrogens is 336 g/mol. The predicted molar refractivity (Wildman–Crippen MR) is 91.5 cm³/mol. The summed E-state index contributed by atoms with van der Waals surface area (Å²) in [6, 6.07) is 9.02. The van der Waals surface area contributed by atoms with E-state index in [1.807, 2.05) is 26.0 Å². The molecule has 7 nitrogen and oxygen atoms in total.